The molecule has 2 aliphatic heterocycles. The lowest BCUT2D eigenvalue weighted by Crippen LogP contribution is -2.48. The molecule has 4 aromatic rings. The van der Waals surface area contributed by atoms with Crippen molar-refractivity contribution in [3.63, 3.8) is 0 Å². The van der Waals surface area contributed by atoms with E-state index in [1.54, 1.807) is 0 Å². The minimum Gasteiger partial charge on any atom is -0.379 e. The minimum absolute atomic E-state index is 0.0376. The second kappa shape index (κ2) is 15.8. The van der Waals surface area contributed by atoms with Gasteiger partial charge in [-0.05, 0) is 69.6 Å². The maximum absolute atomic E-state index is 14.7. The van der Waals surface area contributed by atoms with Crippen LogP contribution in [0.25, 0.3) is 22.2 Å². The van der Waals surface area contributed by atoms with Gasteiger partial charge in [0, 0.05) is 42.2 Å². The van der Waals surface area contributed by atoms with Crippen molar-refractivity contribution in [3.8, 4) is 11.3 Å². The quantitative estimate of drug-likeness (QED) is 0.171. The lowest BCUT2D eigenvalue weighted by atomic mass is 9.93. The highest BCUT2D eigenvalue weighted by Gasteiger charge is 2.43. The summed E-state index contributed by atoms with van der Waals surface area (Å²) in [5, 5.41) is 0.796. The fourth-order valence-electron chi connectivity index (χ4n) is 7.08. The Hall–Kier alpha value is -3.76. The Morgan fingerprint density at radius 1 is 0.944 bits per heavy atom. The number of carbonyl (C=O) groups excluding carboxylic acids is 1. The fraction of sp³-hybridized carbons (Fsp3) is 0.421. The number of sulfone groups is 1. The zero-order valence-electron chi connectivity index (χ0n) is 29.5. The molecule has 1 atom stereocenters. The molecular formula is C38H39ClF6N4O4S. The van der Waals surface area contributed by atoms with Crippen LogP contribution < -0.4 is 5.32 Å². The van der Waals surface area contributed by atoms with Gasteiger partial charge in [0.25, 0.3) is 5.91 Å². The van der Waals surface area contributed by atoms with E-state index < -0.39 is 45.0 Å². The Morgan fingerprint density at radius 2 is 1.61 bits per heavy atom. The van der Waals surface area contributed by atoms with Crippen LogP contribution in [0.2, 0.25) is 5.02 Å². The number of rotatable bonds is 9. The van der Waals surface area contributed by atoms with Gasteiger partial charge in [0.1, 0.15) is 0 Å². The monoisotopic (exact) mass is 796 g/mol. The fourth-order valence-corrected chi connectivity index (χ4v) is 8.68. The first kappa shape index (κ1) is 39.9. The van der Waals surface area contributed by atoms with Crippen molar-refractivity contribution >= 4 is 38.2 Å². The van der Waals surface area contributed by atoms with Crippen LogP contribution >= 0.6 is 11.6 Å². The third kappa shape index (κ3) is 8.55. The molecule has 2 fully saturated rings. The molecule has 0 saturated carbocycles. The summed E-state index contributed by atoms with van der Waals surface area (Å²) < 4.78 is 118. The summed E-state index contributed by atoms with van der Waals surface area (Å²) in [4.78, 5) is 23.2. The van der Waals surface area contributed by atoms with Crippen molar-refractivity contribution in [1.29, 1.82) is 0 Å². The molecule has 0 radical (unpaired) electrons. The van der Waals surface area contributed by atoms with E-state index in [1.807, 2.05) is 4.90 Å². The molecule has 0 bridgehead atoms. The number of alkyl halides is 6. The number of benzene rings is 3. The van der Waals surface area contributed by atoms with Gasteiger partial charge in [-0.2, -0.15) is 26.3 Å². The first-order valence-electron chi connectivity index (χ1n) is 17.5. The highest BCUT2D eigenvalue weighted by atomic mass is 35.5. The summed E-state index contributed by atoms with van der Waals surface area (Å²) in [6.07, 6.45) is -8.26. The van der Waals surface area contributed by atoms with Gasteiger partial charge in [-0.15, -0.1) is 0 Å². The van der Waals surface area contributed by atoms with E-state index in [0.29, 0.717) is 26.3 Å². The van der Waals surface area contributed by atoms with Gasteiger partial charge in [-0.1, -0.05) is 54.1 Å². The molecule has 8 nitrogen and oxygen atoms in total. The highest BCUT2D eigenvalue weighted by Crippen LogP contribution is 2.40. The number of nitrogens with zero attached hydrogens (tertiary/aromatic N) is 3. The average Bonchev–Trinajstić information content (AvgIpc) is 3.13. The SMILES string of the molecule is CC(C)S(=O)(=O)c1cc2c(C(=O)N[C@H](c3ccccc3)C(F)(F)F)c(CN3CCC(N4CCOCC4)CC3)c(-c3cccc(C(F)(F)F)c3)nc2cc1Cl. The van der Waals surface area contributed by atoms with Crippen molar-refractivity contribution in [3.05, 3.63) is 94.0 Å². The molecule has 1 amide bonds. The van der Waals surface area contributed by atoms with Crippen LogP contribution in [-0.4, -0.2) is 86.0 Å². The molecule has 3 aromatic carbocycles. The third-order valence-electron chi connectivity index (χ3n) is 9.99. The number of likely N-dealkylation sites (tertiary alicyclic amines) is 1. The molecule has 2 saturated heterocycles. The smallest absolute Gasteiger partial charge is 0.379 e. The molecule has 3 heterocycles. The van der Waals surface area contributed by atoms with Gasteiger partial charge in [-0.25, -0.2) is 13.4 Å². The molecule has 1 N–H and O–H groups in total. The van der Waals surface area contributed by atoms with Crippen LogP contribution in [0, 0.1) is 0 Å². The topological polar surface area (TPSA) is 91.8 Å². The van der Waals surface area contributed by atoms with Crippen molar-refractivity contribution in [2.45, 2.75) is 67.8 Å². The number of hydrogen-bond donors (Lipinski definition) is 1. The van der Waals surface area contributed by atoms with Gasteiger partial charge in [0.15, 0.2) is 15.9 Å². The van der Waals surface area contributed by atoms with Crippen LogP contribution in [0.3, 0.4) is 0 Å². The number of nitrogens with one attached hydrogen (secondary N) is 1. The van der Waals surface area contributed by atoms with E-state index in [9.17, 15) is 39.6 Å². The first-order chi connectivity index (χ1) is 25.4. The number of fused-ring (bicyclic) bond motifs is 1. The summed E-state index contributed by atoms with van der Waals surface area (Å²) in [6, 6.07) is 11.1. The van der Waals surface area contributed by atoms with E-state index in [2.05, 4.69) is 15.2 Å². The van der Waals surface area contributed by atoms with Crippen LogP contribution in [0.5, 0.6) is 0 Å². The summed E-state index contributed by atoms with van der Waals surface area (Å²) in [5.41, 5.74) is -1.75. The van der Waals surface area contributed by atoms with Crippen LogP contribution in [0.15, 0.2) is 71.6 Å². The van der Waals surface area contributed by atoms with Crippen LogP contribution in [-0.2, 0) is 27.3 Å². The number of ether oxygens (including phenoxy) is 1. The lowest BCUT2D eigenvalue weighted by Gasteiger charge is -2.40. The molecule has 16 heteroatoms. The number of hydrogen-bond acceptors (Lipinski definition) is 7. The number of aromatic nitrogens is 1. The maximum atomic E-state index is 14.7. The number of carbonyl (C=O) groups is 1. The normalized spacial score (nSPS) is 17.6. The highest BCUT2D eigenvalue weighted by molar-refractivity contribution is 7.92. The Kier molecular flexibility index (Phi) is 11.7. The molecule has 6 rings (SSSR count). The largest absolute Gasteiger partial charge is 0.416 e. The van der Waals surface area contributed by atoms with Crippen LogP contribution in [0.4, 0.5) is 26.3 Å². The molecule has 1 aromatic heterocycles. The standard InChI is InChI=1S/C38H39ClF6N4O4S/c1-23(2)54(51,52)32-20-28-31(21-30(32)39)46-34(25-9-6-10-26(19-25)37(40,41)42)29(22-48-13-11-27(12-14-48)49-15-17-53-18-16-49)33(28)36(50)47-35(38(43,44)45)24-7-4-3-5-8-24/h3-10,19-21,23,27,35H,11-18,22H2,1-2H3,(H,47,50)/t35-/m1/s1. The summed E-state index contributed by atoms with van der Waals surface area (Å²) in [6.45, 7) is 6.56. The Morgan fingerprint density at radius 3 is 2.22 bits per heavy atom. The zero-order valence-corrected chi connectivity index (χ0v) is 31.0. The van der Waals surface area contributed by atoms with Crippen LogP contribution in [0.1, 0.15) is 59.8 Å². The molecule has 0 unspecified atom stereocenters. The molecule has 290 valence electrons. The number of halogens is 7. The Bertz CT molecular complexity index is 2100. The maximum Gasteiger partial charge on any atom is 0.416 e. The van der Waals surface area contributed by atoms with Crippen molar-refractivity contribution < 1.29 is 44.3 Å². The van der Waals surface area contributed by atoms with E-state index in [1.165, 1.54) is 62.4 Å². The third-order valence-corrected chi connectivity index (χ3v) is 12.6. The number of amides is 1. The summed E-state index contributed by atoms with van der Waals surface area (Å²) in [7, 11) is -4.09. The van der Waals surface area contributed by atoms with Gasteiger partial charge in [0.05, 0.1) is 50.7 Å². The van der Waals surface area contributed by atoms with Gasteiger partial charge in [0.2, 0.25) is 0 Å². The Labute approximate surface area is 314 Å². The second-order valence-corrected chi connectivity index (χ2v) is 16.7. The van der Waals surface area contributed by atoms with Crippen molar-refractivity contribution in [2.24, 2.45) is 0 Å². The van der Waals surface area contributed by atoms with Gasteiger partial charge in [-0.3, -0.25) is 14.6 Å². The molecular weight excluding hydrogens is 758 g/mol. The van der Waals surface area contributed by atoms with E-state index >= 15 is 0 Å². The number of piperidine rings is 1. The number of pyridine rings is 1. The summed E-state index contributed by atoms with van der Waals surface area (Å²) >= 11 is 6.51. The summed E-state index contributed by atoms with van der Waals surface area (Å²) in [5.74, 6) is -1.21. The predicted octanol–water partition coefficient (Wildman–Crippen LogP) is 8.09. The van der Waals surface area contributed by atoms with Gasteiger partial charge >= 0.3 is 12.4 Å². The molecule has 54 heavy (non-hydrogen) atoms. The van der Waals surface area contributed by atoms with Gasteiger partial charge < -0.3 is 10.1 Å². The van der Waals surface area contributed by atoms with Crippen molar-refractivity contribution in [1.82, 2.24) is 20.1 Å². The molecule has 2 aliphatic rings. The minimum atomic E-state index is -4.96. The average molecular weight is 797 g/mol. The molecule has 0 spiro atoms. The Balaban J connectivity index is 1.57. The predicted molar refractivity (Wildman–Crippen MR) is 193 cm³/mol. The van der Waals surface area contributed by atoms with Crippen molar-refractivity contribution in [2.75, 3.05) is 39.4 Å². The first-order valence-corrected chi connectivity index (χ1v) is 19.4. The second-order valence-electron chi connectivity index (χ2n) is 13.8. The van der Waals surface area contributed by atoms with E-state index in [0.717, 1.165) is 44.1 Å². The van der Waals surface area contributed by atoms with E-state index in [4.69, 9.17) is 16.3 Å². The number of morpholine rings is 1. The van der Waals surface area contributed by atoms with E-state index in [-0.39, 0.29) is 61.4 Å². The lowest BCUT2D eigenvalue weighted by molar-refractivity contribution is -0.155. The zero-order chi connectivity index (χ0) is 39.0. The molecule has 0 aliphatic carbocycles.